The first-order valence-corrected chi connectivity index (χ1v) is 12.8. The zero-order chi connectivity index (χ0) is 27.1. The highest BCUT2D eigenvalue weighted by Crippen LogP contribution is 2.29. The standard InChI is InChI=1S/C29H28F3N3O2S/c30-29(31,32)23-10-6-9-22(17-23)27(37)33-18-26(36)34-24-11-4-5-12-25(24)35-28(38)21-15-13-20(14-16-21)19-7-2-1-3-8-19/h1-3,6-10,13-17,24-25H,4-5,11-12,18H2,(H,33,37)(H,34,36)(H,35,38)/t24-,25+/m0/s1. The van der Waals surface area contributed by atoms with E-state index in [0.29, 0.717) is 4.99 Å². The largest absolute Gasteiger partial charge is 0.416 e. The second-order valence-corrected chi connectivity index (χ2v) is 9.65. The molecule has 1 aliphatic rings. The highest BCUT2D eigenvalue weighted by molar-refractivity contribution is 7.80. The molecule has 4 rings (SSSR count). The molecule has 1 fully saturated rings. The van der Waals surface area contributed by atoms with Crippen molar-refractivity contribution in [2.45, 2.75) is 43.9 Å². The number of thiocarbonyl (C=S) groups is 1. The highest BCUT2D eigenvalue weighted by Gasteiger charge is 2.31. The van der Waals surface area contributed by atoms with Gasteiger partial charge in [-0.3, -0.25) is 9.59 Å². The fraction of sp³-hybridized carbons (Fsp3) is 0.276. The number of amides is 2. The molecule has 2 atom stereocenters. The molecule has 0 bridgehead atoms. The van der Waals surface area contributed by atoms with Crippen molar-refractivity contribution in [1.82, 2.24) is 16.0 Å². The Kier molecular flexibility index (Phi) is 8.78. The van der Waals surface area contributed by atoms with Gasteiger partial charge < -0.3 is 16.0 Å². The summed E-state index contributed by atoms with van der Waals surface area (Å²) in [4.78, 5) is 25.5. The SMILES string of the molecule is O=C(CNC(=O)c1cccc(C(F)(F)F)c1)N[C@H]1CCCC[C@H]1NC(=S)c1ccc(-c2ccccc2)cc1. The number of alkyl halides is 3. The average molecular weight is 540 g/mol. The van der Waals surface area contributed by atoms with Gasteiger partial charge in [0, 0.05) is 23.2 Å². The summed E-state index contributed by atoms with van der Waals surface area (Å²) < 4.78 is 38.8. The number of nitrogens with one attached hydrogen (secondary N) is 3. The molecule has 9 heteroatoms. The maximum absolute atomic E-state index is 12.9. The van der Waals surface area contributed by atoms with Crippen molar-refractivity contribution < 1.29 is 22.8 Å². The molecule has 0 unspecified atom stereocenters. The molecule has 198 valence electrons. The topological polar surface area (TPSA) is 70.2 Å². The molecular formula is C29H28F3N3O2S. The molecule has 1 aliphatic carbocycles. The molecule has 0 saturated heterocycles. The molecular weight excluding hydrogens is 511 g/mol. The van der Waals surface area contributed by atoms with Crippen LogP contribution in [0.4, 0.5) is 13.2 Å². The summed E-state index contributed by atoms with van der Waals surface area (Å²) in [5, 5.41) is 8.73. The van der Waals surface area contributed by atoms with E-state index < -0.39 is 23.6 Å². The minimum atomic E-state index is -4.55. The van der Waals surface area contributed by atoms with Crippen molar-refractivity contribution in [3.8, 4) is 11.1 Å². The molecule has 3 aromatic carbocycles. The first kappa shape index (κ1) is 27.3. The Morgan fingerprint density at radius 3 is 2.08 bits per heavy atom. The molecule has 5 nitrogen and oxygen atoms in total. The summed E-state index contributed by atoms with van der Waals surface area (Å²) in [6.07, 6.45) is -1.05. The summed E-state index contributed by atoms with van der Waals surface area (Å²) in [5.41, 5.74) is 2.01. The van der Waals surface area contributed by atoms with Crippen molar-refractivity contribution in [2.24, 2.45) is 0 Å². The van der Waals surface area contributed by atoms with Crippen LogP contribution in [0, 0.1) is 0 Å². The molecule has 3 aromatic rings. The summed E-state index contributed by atoms with van der Waals surface area (Å²) in [7, 11) is 0. The summed E-state index contributed by atoms with van der Waals surface area (Å²) in [6.45, 7) is -0.344. The fourth-order valence-corrected chi connectivity index (χ4v) is 4.82. The summed E-state index contributed by atoms with van der Waals surface area (Å²) in [5.74, 6) is -1.16. The lowest BCUT2D eigenvalue weighted by Gasteiger charge is -2.33. The van der Waals surface area contributed by atoms with Gasteiger partial charge in [-0.15, -0.1) is 0 Å². The maximum atomic E-state index is 12.9. The second-order valence-electron chi connectivity index (χ2n) is 9.24. The molecule has 2 amide bonds. The Bertz CT molecular complexity index is 1280. The van der Waals surface area contributed by atoms with Crippen LogP contribution < -0.4 is 16.0 Å². The van der Waals surface area contributed by atoms with Crippen LogP contribution in [-0.4, -0.2) is 35.4 Å². The van der Waals surface area contributed by atoms with Crippen molar-refractivity contribution in [1.29, 1.82) is 0 Å². The molecule has 3 N–H and O–H groups in total. The third-order valence-electron chi connectivity index (χ3n) is 6.54. The normalized spacial score (nSPS) is 17.3. The minimum absolute atomic E-state index is 0.0758. The Balaban J connectivity index is 1.31. The Hall–Kier alpha value is -3.72. The Morgan fingerprint density at radius 2 is 1.42 bits per heavy atom. The molecule has 0 heterocycles. The van der Waals surface area contributed by atoms with Gasteiger partial charge in [-0.2, -0.15) is 13.2 Å². The third-order valence-corrected chi connectivity index (χ3v) is 6.90. The van der Waals surface area contributed by atoms with Crippen LogP contribution in [0.15, 0.2) is 78.9 Å². The van der Waals surface area contributed by atoms with Crippen molar-refractivity contribution >= 4 is 29.0 Å². The predicted molar refractivity (Wildman–Crippen MR) is 145 cm³/mol. The quantitative estimate of drug-likeness (QED) is 0.347. The number of benzene rings is 3. The van der Waals surface area contributed by atoms with Gasteiger partial charge in [0.05, 0.1) is 12.1 Å². The van der Waals surface area contributed by atoms with E-state index in [1.165, 1.54) is 6.07 Å². The van der Waals surface area contributed by atoms with Crippen LogP contribution in [0.3, 0.4) is 0 Å². The van der Waals surface area contributed by atoms with E-state index in [1.807, 2.05) is 54.6 Å². The number of rotatable bonds is 7. The second kappa shape index (κ2) is 12.2. The first-order valence-electron chi connectivity index (χ1n) is 12.4. The Labute approximate surface area is 224 Å². The average Bonchev–Trinajstić information content (AvgIpc) is 2.93. The van der Waals surface area contributed by atoms with E-state index in [0.717, 1.165) is 60.6 Å². The lowest BCUT2D eigenvalue weighted by atomic mass is 9.90. The van der Waals surface area contributed by atoms with E-state index in [2.05, 4.69) is 16.0 Å². The van der Waals surface area contributed by atoms with Gasteiger partial charge >= 0.3 is 6.18 Å². The van der Waals surface area contributed by atoms with E-state index in [4.69, 9.17) is 12.2 Å². The predicted octanol–water partition coefficient (Wildman–Crippen LogP) is 5.49. The lowest BCUT2D eigenvalue weighted by molar-refractivity contribution is -0.137. The van der Waals surface area contributed by atoms with Crippen LogP contribution in [0.5, 0.6) is 0 Å². The number of halogens is 3. The van der Waals surface area contributed by atoms with Gasteiger partial charge in [0.2, 0.25) is 5.91 Å². The number of carbonyl (C=O) groups excluding carboxylic acids is 2. The van der Waals surface area contributed by atoms with Crippen LogP contribution >= 0.6 is 12.2 Å². The Morgan fingerprint density at radius 1 is 0.789 bits per heavy atom. The highest BCUT2D eigenvalue weighted by atomic mass is 32.1. The van der Waals surface area contributed by atoms with Gasteiger partial charge in [-0.1, -0.05) is 85.7 Å². The summed E-state index contributed by atoms with van der Waals surface area (Å²) in [6, 6.07) is 21.8. The lowest BCUT2D eigenvalue weighted by Crippen LogP contribution is -2.54. The van der Waals surface area contributed by atoms with Crippen LogP contribution in [0.25, 0.3) is 11.1 Å². The number of carbonyl (C=O) groups is 2. The third kappa shape index (κ3) is 7.19. The maximum Gasteiger partial charge on any atom is 0.416 e. The van der Waals surface area contributed by atoms with E-state index >= 15 is 0 Å². The van der Waals surface area contributed by atoms with Crippen LogP contribution in [0.1, 0.15) is 47.2 Å². The van der Waals surface area contributed by atoms with E-state index in [-0.39, 0.29) is 24.2 Å². The molecule has 38 heavy (non-hydrogen) atoms. The van der Waals surface area contributed by atoms with E-state index in [9.17, 15) is 22.8 Å². The number of hydrogen-bond acceptors (Lipinski definition) is 3. The zero-order valence-corrected chi connectivity index (χ0v) is 21.4. The van der Waals surface area contributed by atoms with Crippen molar-refractivity contribution in [3.63, 3.8) is 0 Å². The monoisotopic (exact) mass is 539 g/mol. The molecule has 1 saturated carbocycles. The smallest absolute Gasteiger partial charge is 0.371 e. The first-order chi connectivity index (χ1) is 18.2. The van der Waals surface area contributed by atoms with Gasteiger partial charge in [-0.25, -0.2) is 0 Å². The molecule has 0 aromatic heterocycles. The summed E-state index contributed by atoms with van der Waals surface area (Å²) >= 11 is 5.64. The zero-order valence-electron chi connectivity index (χ0n) is 20.6. The van der Waals surface area contributed by atoms with Crippen LogP contribution in [0.2, 0.25) is 0 Å². The van der Waals surface area contributed by atoms with E-state index in [1.54, 1.807) is 0 Å². The van der Waals surface area contributed by atoms with Gasteiger partial charge in [0.25, 0.3) is 5.91 Å². The van der Waals surface area contributed by atoms with Gasteiger partial charge in [-0.05, 0) is 42.2 Å². The van der Waals surface area contributed by atoms with Crippen molar-refractivity contribution in [2.75, 3.05) is 6.54 Å². The van der Waals surface area contributed by atoms with Gasteiger partial charge in [0.15, 0.2) is 0 Å². The fourth-order valence-electron chi connectivity index (χ4n) is 4.53. The molecule has 0 radical (unpaired) electrons. The number of hydrogen-bond donors (Lipinski definition) is 3. The minimum Gasteiger partial charge on any atom is -0.371 e. The van der Waals surface area contributed by atoms with Gasteiger partial charge in [0.1, 0.15) is 4.99 Å². The van der Waals surface area contributed by atoms with Crippen molar-refractivity contribution in [3.05, 3.63) is 95.6 Å². The molecule has 0 spiro atoms. The molecule has 0 aliphatic heterocycles. The van der Waals surface area contributed by atoms with Crippen LogP contribution in [-0.2, 0) is 11.0 Å².